The first kappa shape index (κ1) is 24.3. The van der Waals surface area contributed by atoms with Crippen LogP contribution in [-0.4, -0.2) is 25.0 Å². The van der Waals surface area contributed by atoms with E-state index >= 15 is 0 Å². The number of hydrogen-bond donors (Lipinski definition) is 1. The number of ketones is 1. The molecule has 1 saturated heterocycles. The van der Waals surface area contributed by atoms with Crippen molar-refractivity contribution in [1.29, 1.82) is 0 Å². The summed E-state index contributed by atoms with van der Waals surface area (Å²) in [6.45, 7) is 2.18. The second kappa shape index (κ2) is 10.7. The molecule has 5 aromatic rings. The molecule has 4 nitrogen and oxygen atoms in total. The average molecular weight is 498 g/mol. The summed E-state index contributed by atoms with van der Waals surface area (Å²) >= 11 is 0. The molecule has 1 aliphatic heterocycles. The van der Waals surface area contributed by atoms with E-state index in [9.17, 15) is 4.79 Å². The van der Waals surface area contributed by atoms with E-state index in [2.05, 4.69) is 35.6 Å². The lowest BCUT2D eigenvalue weighted by molar-refractivity contribution is 0.0107. The van der Waals surface area contributed by atoms with E-state index < -0.39 is 0 Å². The van der Waals surface area contributed by atoms with Gasteiger partial charge >= 0.3 is 0 Å². The molecule has 0 radical (unpaired) electrons. The number of ether oxygens (including phenoxy) is 1. The Bertz CT molecular complexity index is 1490. The fraction of sp³-hybridized carbons (Fsp3) is 0.194. The number of hydrogen-bond acceptors (Lipinski definition) is 4. The standard InChI is InChI=1S/C31H27NO3.ClH/c33-30(22-9-2-1-3-10-22)23-11-6-8-21(18-23)20-34-29-19-32-17-16-25(29)27-14-7-13-26-24-12-4-5-15-28(24)35-31(26)27;/h1-15,18,25,29,32H,16-17,19-20H2;1H/t25-,29+;/m1./s1. The zero-order valence-corrected chi connectivity index (χ0v) is 20.7. The molecule has 1 aromatic heterocycles. The Morgan fingerprint density at radius 1 is 0.861 bits per heavy atom. The summed E-state index contributed by atoms with van der Waals surface area (Å²) in [4.78, 5) is 12.9. The molecule has 0 bridgehead atoms. The summed E-state index contributed by atoms with van der Waals surface area (Å²) in [5.74, 6) is 0.260. The van der Waals surface area contributed by atoms with Crippen LogP contribution >= 0.6 is 12.4 Å². The number of piperidine rings is 1. The van der Waals surface area contributed by atoms with Gasteiger partial charge in [-0.05, 0) is 30.7 Å². The van der Waals surface area contributed by atoms with Crippen molar-refractivity contribution in [3.8, 4) is 0 Å². The summed E-state index contributed by atoms with van der Waals surface area (Å²) in [5, 5.41) is 5.79. The van der Waals surface area contributed by atoms with Crippen molar-refractivity contribution in [3.05, 3.63) is 119 Å². The number of nitrogens with one attached hydrogen (secondary N) is 1. The molecule has 0 saturated carbocycles. The number of benzene rings is 4. The Kier molecular flexibility index (Phi) is 7.19. The molecular formula is C31H28ClNO3. The maximum Gasteiger partial charge on any atom is 0.193 e. The Morgan fingerprint density at radius 3 is 2.50 bits per heavy atom. The van der Waals surface area contributed by atoms with Crippen LogP contribution in [0.4, 0.5) is 0 Å². The second-order valence-electron chi connectivity index (χ2n) is 9.17. The molecule has 0 amide bonds. The molecule has 2 atom stereocenters. The van der Waals surface area contributed by atoms with Crippen molar-refractivity contribution in [2.45, 2.75) is 25.0 Å². The van der Waals surface area contributed by atoms with E-state index in [1.165, 1.54) is 5.56 Å². The molecule has 36 heavy (non-hydrogen) atoms. The minimum Gasteiger partial charge on any atom is -0.456 e. The number of furan rings is 1. The zero-order chi connectivity index (χ0) is 23.6. The number of halogens is 1. The second-order valence-corrected chi connectivity index (χ2v) is 9.17. The molecule has 1 aliphatic rings. The smallest absolute Gasteiger partial charge is 0.193 e. The highest BCUT2D eigenvalue weighted by Gasteiger charge is 2.30. The van der Waals surface area contributed by atoms with Gasteiger partial charge in [-0.25, -0.2) is 0 Å². The fourth-order valence-electron chi connectivity index (χ4n) is 5.18. The van der Waals surface area contributed by atoms with Gasteiger partial charge in [0.25, 0.3) is 0 Å². The third-order valence-corrected chi connectivity index (χ3v) is 6.95. The van der Waals surface area contributed by atoms with Gasteiger partial charge in [0.05, 0.1) is 12.7 Å². The first-order valence-corrected chi connectivity index (χ1v) is 12.2. The van der Waals surface area contributed by atoms with Gasteiger partial charge in [0.1, 0.15) is 11.2 Å². The van der Waals surface area contributed by atoms with Crippen molar-refractivity contribution in [2.24, 2.45) is 0 Å². The predicted octanol–water partition coefficient (Wildman–Crippen LogP) is 6.90. The van der Waals surface area contributed by atoms with Crippen molar-refractivity contribution < 1.29 is 13.9 Å². The molecule has 5 heteroatoms. The topological polar surface area (TPSA) is 51.5 Å². The van der Waals surface area contributed by atoms with Crippen LogP contribution in [0, 0.1) is 0 Å². The van der Waals surface area contributed by atoms with Crippen LogP contribution in [0.25, 0.3) is 21.9 Å². The zero-order valence-electron chi connectivity index (χ0n) is 19.9. The highest BCUT2D eigenvalue weighted by molar-refractivity contribution is 6.09. The summed E-state index contributed by atoms with van der Waals surface area (Å²) in [6, 6.07) is 31.8. The number of carbonyl (C=O) groups excluding carboxylic acids is 1. The Balaban J connectivity index is 0.00000267. The van der Waals surface area contributed by atoms with E-state index in [4.69, 9.17) is 9.15 Å². The highest BCUT2D eigenvalue weighted by Crippen LogP contribution is 2.37. The van der Waals surface area contributed by atoms with Crippen LogP contribution in [0.15, 0.2) is 101 Å². The van der Waals surface area contributed by atoms with Gasteiger partial charge in [-0.2, -0.15) is 0 Å². The van der Waals surface area contributed by atoms with Gasteiger partial charge < -0.3 is 14.5 Å². The van der Waals surface area contributed by atoms with Crippen LogP contribution < -0.4 is 5.32 Å². The quantitative estimate of drug-likeness (QED) is 0.259. The molecule has 0 spiro atoms. The van der Waals surface area contributed by atoms with Gasteiger partial charge in [-0.15, -0.1) is 12.4 Å². The van der Waals surface area contributed by atoms with E-state index in [1.54, 1.807) is 0 Å². The Morgan fingerprint density at radius 2 is 1.61 bits per heavy atom. The SMILES string of the molecule is Cl.O=C(c1ccccc1)c1cccc(CO[C@H]2CNCC[C@@H]2c2cccc3c2oc2ccccc23)c1. The maximum absolute atomic E-state index is 12.9. The number of para-hydroxylation sites is 2. The van der Waals surface area contributed by atoms with Gasteiger partial charge in [-0.1, -0.05) is 84.9 Å². The number of fused-ring (bicyclic) bond motifs is 3. The lowest BCUT2D eigenvalue weighted by Gasteiger charge is -2.32. The first-order valence-electron chi connectivity index (χ1n) is 12.2. The predicted molar refractivity (Wildman–Crippen MR) is 146 cm³/mol. The van der Waals surface area contributed by atoms with Crippen molar-refractivity contribution in [1.82, 2.24) is 5.32 Å². The third-order valence-electron chi connectivity index (χ3n) is 6.95. The summed E-state index contributed by atoms with van der Waals surface area (Å²) in [5.41, 5.74) is 5.46. The maximum atomic E-state index is 12.9. The minimum absolute atomic E-state index is 0. The van der Waals surface area contributed by atoms with Gasteiger partial charge in [0, 0.05) is 39.9 Å². The van der Waals surface area contributed by atoms with E-state index in [0.29, 0.717) is 17.7 Å². The lowest BCUT2D eigenvalue weighted by atomic mass is 9.86. The Labute approximate surface area is 216 Å². The number of carbonyl (C=O) groups is 1. The molecule has 0 unspecified atom stereocenters. The molecule has 6 rings (SSSR count). The molecular weight excluding hydrogens is 470 g/mol. The fourth-order valence-corrected chi connectivity index (χ4v) is 5.18. The van der Waals surface area contributed by atoms with Crippen LogP contribution in [0.2, 0.25) is 0 Å². The van der Waals surface area contributed by atoms with Crippen LogP contribution in [-0.2, 0) is 11.3 Å². The van der Waals surface area contributed by atoms with Crippen molar-refractivity contribution in [2.75, 3.05) is 13.1 Å². The van der Waals surface area contributed by atoms with E-state index in [-0.39, 0.29) is 30.2 Å². The van der Waals surface area contributed by atoms with E-state index in [0.717, 1.165) is 47.0 Å². The van der Waals surface area contributed by atoms with Crippen LogP contribution in [0.5, 0.6) is 0 Å². The molecule has 182 valence electrons. The summed E-state index contributed by atoms with van der Waals surface area (Å²) in [7, 11) is 0. The van der Waals surface area contributed by atoms with Gasteiger partial charge in [-0.3, -0.25) is 4.79 Å². The van der Waals surface area contributed by atoms with Crippen molar-refractivity contribution >= 4 is 40.1 Å². The van der Waals surface area contributed by atoms with E-state index in [1.807, 2.05) is 66.7 Å². The lowest BCUT2D eigenvalue weighted by Crippen LogP contribution is -2.41. The van der Waals surface area contributed by atoms with Gasteiger partial charge in [0.2, 0.25) is 0 Å². The third kappa shape index (κ3) is 4.68. The molecule has 2 heterocycles. The number of rotatable bonds is 6. The minimum atomic E-state index is 0. The average Bonchev–Trinajstić information content (AvgIpc) is 3.31. The summed E-state index contributed by atoms with van der Waals surface area (Å²) in [6.07, 6.45) is 0.990. The molecule has 1 N–H and O–H groups in total. The monoisotopic (exact) mass is 497 g/mol. The van der Waals surface area contributed by atoms with Crippen LogP contribution in [0.3, 0.4) is 0 Å². The van der Waals surface area contributed by atoms with Crippen molar-refractivity contribution in [3.63, 3.8) is 0 Å². The van der Waals surface area contributed by atoms with Crippen LogP contribution in [0.1, 0.15) is 39.4 Å². The first-order chi connectivity index (χ1) is 17.3. The largest absolute Gasteiger partial charge is 0.456 e. The summed E-state index contributed by atoms with van der Waals surface area (Å²) < 4.78 is 12.8. The molecule has 4 aromatic carbocycles. The Hall–Kier alpha value is -3.44. The molecule has 0 aliphatic carbocycles. The molecule has 1 fully saturated rings. The highest BCUT2D eigenvalue weighted by atomic mass is 35.5. The van der Waals surface area contributed by atoms with Gasteiger partial charge in [0.15, 0.2) is 5.78 Å². The normalized spacial score (nSPS) is 17.7.